The van der Waals surface area contributed by atoms with Crippen LogP contribution in [0, 0.1) is 0 Å². The fourth-order valence-corrected chi connectivity index (χ4v) is 4.20. The number of hydrogen-bond donors (Lipinski definition) is 1. The van der Waals surface area contributed by atoms with Gasteiger partial charge in [-0.2, -0.15) is 0 Å². The summed E-state index contributed by atoms with van der Waals surface area (Å²) in [5, 5.41) is 3.63. The minimum atomic E-state index is -0.841. The molecule has 2 aromatic rings. The first-order valence-corrected chi connectivity index (χ1v) is 9.01. The number of carbonyl (C=O) groups excluding carboxylic acids is 1. The molecule has 0 aliphatic carbocycles. The van der Waals surface area contributed by atoms with Crippen molar-refractivity contribution in [3.63, 3.8) is 0 Å². The molecule has 0 unspecified atom stereocenters. The molecule has 0 radical (unpaired) electrons. The van der Waals surface area contributed by atoms with Gasteiger partial charge in [-0.1, -0.05) is 33.6 Å². The number of anilines is 1. The predicted octanol–water partition coefficient (Wildman–Crippen LogP) is 4.88. The molecule has 2 aliphatic rings. The lowest BCUT2D eigenvalue weighted by Gasteiger charge is -2.50. The van der Waals surface area contributed by atoms with Crippen LogP contribution in [0.1, 0.15) is 24.9 Å². The van der Waals surface area contributed by atoms with Crippen molar-refractivity contribution in [1.29, 1.82) is 0 Å². The summed E-state index contributed by atoms with van der Waals surface area (Å²) in [6.07, 6.45) is 0.609. The average Bonchev–Trinajstić information content (AvgIpc) is 2.54. The molecule has 1 saturated heterocycles. The Morgan fingerprint density at radius 2 is 2.20 bits per heavy atom. The largest absolute Gasteiger partial charge is 0.493 e. The molecule has 1 fully saturated rings. The number of nitrogens with one attached hydrogen (secondary N) is 1. The lowest BCUT2D eigenvalue weighted by atomic mass is 9.90. The lowest BCUT2D eigenvalue weighted by Crippen LogP contribution is -2.65. The maximum absolute atomic E-state index is 12.8. The van der Waals surface area contributed by atoms with Crippen LogP contribution in [0.25, 0.3) is 0 Å². The second-order valence-electron chi connectivity index (χ2n) is 6.32. The van der Waals surface area contributed by atoms with E-state index in [0.717, 1.165) is 10.0 Å². The molecule has 2 amide bonds. The van der Waals surface area contributed by atoms with Gasteiger partial charge < -0.3 is 14.8 Å². The molecule has 7 heteroatoms. The lowest BCUT2D eigenvalue weighted by molar-refractivity contribution is 0.0349. The van der Waals surface area contributed by atoms with Gasteiger partial charge in [-0.3, -0.25) is 4.90 Å². The van der Waals surface area contributed by atoms with Crippen LogP contribution in [0.15, 0.2) is 40.9 Å². The van der Waals surface area contributed by atoms with Gasteiger partial charge in [0.25, 0.3) is 0 Å². The third kappa shape index (κ3) is 2.64. The minimum absolute atomic E-state index is 0.150. The van der Waals surface area contributed by atoms with Crippen molar-refractivity contribution in [1.82, 2.24) is 5.32 Å². The van der Waals surface area contributed by atoms with Crippen LogP contribution in [-0.4, -0.2) is 18.9 Å². The molecule has 2 aliphatic heterocycles. The van der Waals surface area contributed by atoms with Gasteiger partial charge in [-0.25, -0.2) is 4.79 Å². The maximum Gasteiger partial charge on any atom is 0.325 e. The van der Waals surface area contributed by atoms with E-state index in [1.165, 1.54) is 0 Å². The number of ether oxygens (including phenoxy) is 2. The van der Waals surface area contributed by atoms with E-state index in [-0.39, 0.29) is 12.1 Å². The van der Waals surface area contributed by atoms with Crippen molar-refractivity contribution in [3.8, 4) is 11.5 Å². The Morgan fingerprint density at radius 1 is 1.40 bits per heavy atom. The second-order valence-corrected chi connectivity index (χ2v) is 7.68. The molecule has 2 atom stereocenters. The van der Waals surface area contributed by atoms with E-state index in [1.807, 2.05) is 31.2 Å². The van der Waals surface area contributed by atoms with Crippen molar-refractivity contribution in [2.24, 2.45) is 0 Å². The van der Waals surface area contributed by atoms with Gasteiger partial charge in [-0.05, 0) is 37.3 Å². The van der Waals surface area contributed by atoms with Crippen LogP contribution < -0.4 is 19.7 Å². The first-order valence-electron chi connectivity index (χ1n) is 7.84. The van der Waals surface area contributed by atoms with Crippen molar-refractivity contribution >= 4 is 39.2 Å². The summed E-state index contributed by atoms with van der Waals surface area (Å²) >= 11 is 9.60. The zero-order valence-corrected chi connectivity index (χ0v) is 16.0. The van der Waals surface area contributed by atoms with Gasteiger partial charge in [0, 0.05) is 21.5 Å². The molecule has 1 N–H and O–H groups in total. The van der Waals surface area contributed by atoms with Gasteiger partial charge in [0.05, 0.1) is 18.8 Å². The smallest absolute Gasteiger partial charge is 0.325 e. The Kier molecular flexibility index (Phi) is 3.85. The molecule has 2 aromatic carbocycles. The van der Waals surface area contributed by atoms with Crippen LogP contribution in [0.5, 0.6) is 11.5 Å². The number of urea groups is 1. The number of hydrogen-bond acceptors (Lipinski definition) is 3. The van der Waals surface area contributed by atoms with Crippen LogP contribution in [0.4, 0.5) is 10.5 Å². The Bertz CT molecular complexity index is 875. The average molecular weight is 424 g/mol. The summed E-state index contributed by atoms with van der Waals surface area (Å²) in [4.78, 5) is 14.4. The summed E-state index contributed by atoms with van der Waals surface area (Å²) in [5.41, 5.74) is 0.750. The Labute approximate surface area is 159 Å². The van der Waals surface area contributed by atoms with E-state index in [9.17, 15) is 4.79 Å². The van der Waals surface area contributed by atoms with Crippen molar-refractivity contribution in [2.75, 3.05) is 12.0 Å². The number of nitrogens with zero attached hydrogens (tertiary/aromatic N) is 1. The molecule has 4 rings (SSSR count). The van der Waals surface area contributed by atoms with E-state index in [0.29, 0.717) is 28.6 Å². The molecule has 25 heavy (non-hydrogen) atoms. The SMILES string of the molecule is COc1cc(Br)cc2c1O[C@@]1(C)C[C@@H]2NC(=O)N1c1cccc(Cl)c1. The summed E-state index contributed by atoms with van der Waals surface area (Å²) in [7, 11) is 1.60. The van der Waals surface area contributed by atoms with Crippen LogP contribution in [0.2, 0.25) is 5.02 Å². The molecular weight excluding hydrogens is 408 g/mol. The Hall–Kier alpha value is -1.92. The van der Waals surface area contributed by atoms with E-state index < -0.39 is 5.72 Å². The number of benzene rings is 2. The van der Waals surface area contributed by atoms with E-state index >= 15 is 0 Å². The highest BCUT2D eigenvalue weighted by atomic mass is 79.9. The van der Waals surface area contributed by atoms with Crippen LogP contribution in [0.3, 0.4) is 0 Å². The second kappa shape index (κ2) is 5.81. The highest BCUT2D eigenvalue weighted by Gasteiger charge is 2.50. The quantitative estimate of drug-likeness (QED) is 0.749. The number of methoxy groups -OCH3 is 1. The molecule has 0 spiro atoms. The van der Waals surface area contributed by atoms with E-state index in [2.05, 4.69) is 21.2 Å². The minimum Gasteiger partial charge on any atom is -0.493 e. The number of rotatable bonds is 2. The zero-order chi connectivity index (χ0) is 17.8. The first kappa shape index (κ1) is 16.5. The highest BCUT2D eigenvalue weighted by molar-refractivity contribution is 9.10. The fraction of sp³-hybridized carbons (Fsp3) is 0.278. The highest BCUT2D eigenvalue weighted by Crippen LogP contribution is 2.50. The maximum atomic E-state index is 12.8. The van der Waals surface area contributed by atoms with Gasteiger partial charge in [0.1, 0.15) is 0 Å². The summed E-state index contributed by atoms with van der Waals surface area (Å²) < 4.78 is 12.7. The topological polar surface area (TPSA) is 50.8 Å². The van der Waals surface area contributed by atoms with Gasteiger partial charge >= 0.3 is 6.03 Å². The normalized spacial score (nSPS) is 24.2. The van der Waals surface area contributed by atoms with Crippen LogP contribution in [-0.2, 0) is 0 Å². The zero-order valence-electron chi connectivity index (χ0n) is 13.7. The molecule has 0 aromatic heterocycles. The molecular formula is C18H16BrClN2O3. The summed E-state index contributed by atoms with van der Waals surface area (Å²) in [6, 6.07) is 10.6. The molecule has 130 valence electrons. The monoisotopic (exact) mass is 422 g/mol. The third-order valence-electron chi connectivity index (χ3n) is 4.59. The summed E-state index contributed by atoms with van der Waals surface area (Å²) in [6.45, 7) is 1.91. The molecule has 0 saturated carbocycles. The first-order chi connectivity index (χ1) is 11.9. The molecule has 2 bridgehead atoms. The van der Waals surface area contributed by atoms with Crippen molar-refractivity contribution in [2.45, 2.75) is 25.1 Å². The molecule has 5 nitrogen and oxygen atoms in total. The number of carbonyl (C=O) groups is 1. The van der Waals surface area contributed by atoms with Crippen molar-refractivity contribution < 1.29 is 14.3 Å². The van der Waals surface area contributed by atoms with Gasteiger partial charge in [0.2, 0.25) is 0 Å². The molecule has 2 heterocycles. The Balaban J connectivity index is 1.84. The van der Waals surface area contributed by atoms with Gasteiger partial charge in [-0.15, -0.1) is 0 Å². The third-order valence-corrected chi connectivity index (χ3v) is 5.28. The number of fused-ring (bicyclic) bond motifs is 4. The number of halogens is 2. The number of amides is 2. The standard InChI is InChI=1S/C18H16BrClN2O3/c1-18-9-14(13-6-10(19)7-15(24-2)16(13)25-18)21-17(23)22(18)12-5-3-4-11(20)8-12/h3-8,14H,9H2,1-2H3,(H,21,23)/t14-,18-/m0/s1. The Morgan fingerprint density at radius 3 is 2.92 bits per heavy atom. The fourth-order valence-electron chi connectivity index (χ4n) is 3.56. The van der Waals surface area contributed by atoms with E-state index in [1.54, 1.807) is 24.1 Å². The van der Waals surface area contributed by atoms with Crippen LogP contribution >= 0.6 is 27.5 Å². The van der Waals surface area contributed by atoms with Gasteiger partial charge in [0.15, 0.2) is 17.2 Å². The van der Waals surface area contributed by atoms with Crippen molar-refractivity contribution in [3.05, 3.63) is 51.5 Å². The van der Waals surface area contributed by atoms with E-state index in [4.69, 9.17) is 21.1 Å². The summed E-state index contributed by atoms with van der Waals surface area (Å²) in [5.74, 6) is 1.28. The predicted molar refractivity (Wildman–Crippen MR) is 99.5 cm³/mol.